The Bertz CT molecular complexity index is 255. The van der Waals surface area contributed by atoms with Crippen molar-refractivity contribution in [2.24, 2.45) is 0 Å². The first-order valence-electron chi connectivity index (χ1n) is 2.08. The van der Waals surface area contributed by atoms with E-state index in [4.69, 9.17) is 0 Å². The zero-order valence-corrected chi connectivity index (χ0v) is 7.62. The molecule has 9 heteroatoms. The molecule has 0 fully saturated rings. The second-order valence-electron chi connectivity index (χ2n) is 1.52. The fourth-order valence-electron chi connectivity index (χ4n) is 0.204. The SMILES string of the molecule is O=S(=O)([O-])CCS(=O)(=O)[O-].[Ni+2]. The zero-order valence-electron chi connectivity index (χ0n) is 5.00. The summed E-state index contributed by atoms with van der Waals surface area (Å²) in [7, 11) is -9.17. The fourth-order valence-corrected chi connectivity index (χ4v) is 1.84. The molecule has 0 saturated heterocycles. The van der Waals surface area contributed by atoms with Crippen LogP contribution >= 0.6 is 0 Å². The molecule has 0 saturated carbocycles. The molecule has 0 rings (SSSR count). The maximum Gasteiger partial charge on any atom is 2.00 e. The van der Waals surface area contributed by atoms with E-state index in [1.54, 1.807) is 0 Å². The summed E-state index contributed by atoms with van der Waals surface area (Å²) in [5.41, 5.74) is 0. The van der Waals surface area contributed by atoms with E-state index in [-0.39, 0.29) is 16.5 Å². The molecule has 0 spiro atoms. The van der Waals surface area contributed by atoms with Crippen molar-refractivity contribution < 1.29 is 42.4 Å². The van der Waals surface area contributed by atoms with Crippen molar-refractivity contribution in [3.8, 4) is 0 Å². The van der Waals surface area contributed by atoms with E-state index in [2.05, 4.69) is 0 Å². The molecule has 0 aliphatic carbocycles. The smallest absolute Gasteiger partial charge is 0.748 e. The summed E-state index contributed by atoms with van der Waals surface area (Å²) in [5, 5.41) is 0. The maximum atomic E-state index is 9.72. The first kappa shape index (κ1) is 13.9. The van der Waals surface area contributed by atoms with Crippen LogP contribution in [0, 0.1) is 0 Å². The Balaban J connectivity index is 0. The van der Waals surface area contributed by atoms with Crippen molar-refractivity contribution in [1.82, 2.24) is 0 Å². The fraction of sp³-hybridized carbons (Fsp3) is 1.00. The third-order valence-electron chi connectivity index (χ3n) is 0.583. The number of hydrogen-bond acceptors (Lipinski definition) is 6. The first-order valence-corrected chi connectivity index (χ1v) is 5.23. The molecule has 6 nitrogen and oxygen atoms in total. The number of hydrogen-bond donors (Lipinski definition) is 0. The molecule has 0 N–H and O–H groups in total. The van der Waals surface area contributed by atoms with Crippen molar-refractivity contribution in [2.75, 3.05) is 11.5 Å². The summed E-state index contributed by atoms with van der Waals surface area (Å²) in [6.45, 7) is 0. The minimum Gasteiger partial charge on any atom is -0.748 e. The molecule has 70 valence electrons. The summed E-state index contributed by atoms with van der Waals surface area (Å²) in [6.07, 6.45) is 0. The van der Waals surface area contributed by atoms with E-state index in [1.165, 1.54) is 0 Å². The van der Waals surface area contributed by atoms with Crippen LogP contribution < -0.4 is 0 Å². The molecule has 0 unspecified atom stereocenters. The molecular formula is C2H4NiO6S2. The van der Waals surface area contributed by atoms with Gasteiger partial charge in [-0.1, -0.05) is 0 Å². The van der Waals surface area contributed by atoms with Crippen LogP contribution in [0.15, 0.2) is 0 Å². The van der Waals surface area contributed by atoms with E-state index >= 15 is 0 Å². The van der Waals surface area contributed by atoms with Crippen LogP contribution in [0.25, 0.3) is 0 Å². The van der Waals surface area contributed by atoms with Crippen LogP contribution in [0.3, 0.4) is 0 Å². The van der Waals surface area contributed by atoms with Crippen LogP contribution in [0.5, 0.6) is 0 Å². The van der Waals surface area contributed by atoms with Crippen LogP contribution in [0.2, 0.25) is 0 Å². The van der Waals surface area contributed by atoms with E-state index in [1.807, 2.05) is 0 Å². The third-order valence-corrected chi connectivity index (χ3v) is 2.25. The van der Waals surface area contributed by atoms with Gasteiger partial charge in [0.2, 0.25) is 0 Å². The zero-order chi connectivity index (χ0) is 8.41. The molecule has 0 aromatic heterocycles. The van der Waals surface area contributed by atoms with Gasteiger partial charge in [-0.2, -0.15) is 0 Å². The Labute approximate surface area is 74.4 Å². The van der Waals surface area contributed by atoms with Crippen LogP contribution in [-0.4, -0.2) is 37.4 Å². The summed E-state index contributed by atoms with van der Waals surface area (Å²) in [5.74, 6) is -2.31. The molecular weight excluding hydrogens is 243 g/mol. The molecule has 0 aliphatic rings. The van der Waals surface area contributed by atoms with Crippen molar-refractivity contribution in [1.29, 1.82) is 0 Å². The first-order chi connectivity index (χ1) is 4.21. The second-order valence-corrected chi connectivity index (χ2v) is 4.57. The quantitative estimate of drug-likeness (QED) is 0.423. The van der Waals surface area contributed by atoms with Gasteiger partial charge in [0, 0.05) is 0 Å². The molecule has 0 aromatic carbocycles. The van der Waals surface area contributed by atoms with E-state index in [9.17, 15) is 25.9 Å². The summed E-state index contributed by atoms with van der Waals surface area (Å²) in [4.78, 5) is 0. The van der Waals surface area contributed by atoms with E-state index in [0.717, 1.165) is 0 Å². The Morgan fingerprint density at radius 1 is 0.818 bits per heavy atom. The Hall–Kier alpha value is 0.314. The molecule has 0 atom stereocenters. The van der Waals surface area contributed by atoms with Crippen molar-refractivity contribution >= 4 is 20.2 Å². The van der Waals surface area contributed by atoms with Crippen molar-refractivity contribution in [2.45, 2.75) is 0 Å². The van der Waals surface area contributed by atoms with Gasteiger partial charge in [0.1, 0.15) is 0 Å². The van der Waals surface area contributed by atoms with Crippen molar-refractivity contribution in [3.63, 3.8) is 0 Å². The molecule has 0 amide bonds. The Kier molecular flexibility index (Phi) is 5.51. The molecule has 0 radical (unpaired) electrons. The van der Waals surface area contributed by atoms with Crippen LogP contribution in [-0.2, 0) is 36.7 Å². The van der Waals surface area contributed by atoms with Gasteiger partial charge in [0.25, 0.3) is 0 Å². The monoisotopic (exact) mass is 246 g/mol. The predicted octanol–water partition coefficient (Wildman–Crippen LogP) is -1.93. The Morgan fingerprint density at radius 2 is 1.00 bits per heavy atom. The van der Waals surface area contributed by atoms with Crippen LogP contribution in [0.4, 0.5) is 0 Å². The number of rotatable bonds is 3. The largest absolute Gasteiger partial charge is 2.00 e. The predicted molar refractivity (Wildman–Crippen MR) is 29.1 cm³/mol. The van der Waals surface area contributed by atoms with Gasteiger partial charge >= 0.3 is 16.5 Å². The molecule has 0 aliphatic heterocycles. The topological polar surface area (TPSA) is 114 Å². The Morgan fingerprint density at radius 3 is 1.09 bits per heavy atom. The molecule has 0 aromatic rings. The standard InChI is InChI=1S/C2H6O6S2.Ni/c3-9(4,5)1-2-10(6,7)8;/h1-2H2,(H,3,4,5)(H,6,7,8);/q;+2/p-2. The van der Waals surface area contributed by atoms with Gasteiger partial charge in [-0.3, -0.25) is 0 Å². The van der Waals surface area contributed by atoms with Gasteiger partial charge in [-0.25, -0.2) is 16.8 Å². The minimum atomic E-state index is -4.59. The summed E-state index contributed by atoms with van der Waals surface area (Å²) in [6, 6.07) is 0. The van der Waals surface area contributed by atoms with Gasteiger partial charge in [-0.15, -0.1) is 0 Å². The van der Waals surface area contributed by atoms with E-state index in [0.29, 0.717) is 0 Å². The average Bonchev–Trinajstić information content (AvgIpc) is 1.57. The average molecular weight is 247 g/mol. The van der Waals surface area contributed by atoms with E-state index < -0.39 is 31.7 Å². The third kappa shape index (κ3) is 13.3. The normalized spacial score (nSPS) is 12.2. The van der Waals surface area contributed by atoms with Gasteiger partial charge in [0.05, 0.1) is 31.7 Å². The van der Waals surface area contributed by atoms with Crippen LogP contribution in [0.1, 0.15) is 0 Å². The summed E-state index contributed by atoms with van der Waals surface area (Å²) < 4.78 is 58.3. The molecule has 11 heavy (non-hydrogen) atoms. The molecule has 0 heterocycles. The maximum absolute atomic E-state index is 9.72. The van der Waals surface area contributed by atoms with Gasteiger partial charge < -0.3 is 9.11 Å². The van der Waals surface area contributed by atoms with Gasteiger partial charge in [-0.05, 0) is 0 Å². The summed E-state index contributed by atoms with van der Waals surface area (Å²) >= 11 is 0. The van der Waals surface area contributed by atoms with Crippen molar-refractivity contribution in [3.05, 3.63) is 0 Å². The molecule has 0 bridgehead atoms. The van der Waals surface area contributed by atoms with Gasteiger partial charge in [0.15, 0.2) is 0 Å². The minimum absolute atomic E-state index is 0. The second kappa shape index (κ2) is 4.37.